The third-order valence-corrected chi connectivity index (χ3v) is 3.85. The molecule has 0 radical (unpaired) electrons. The van der Waals surface area contributed by atoms with Gasteiger partial charge in [0.25, 0.3) is 0 Å². The van der Waals surface area contributed by atoms with E-state index in [-0.39, 0.29) is 13.0 Å². The molecule has 8 heteroatoms. The van der Waals surface area contributed by atoms with Gasteiger partial charge in [-0.2, -0.15) is 24.9 Å². The first kappa shape index (κ1) is 16.1. The highest BCUT2D eigenvalue weighted by Gasteiger charge is 2.53. The number of aliphatic carboxylic acids is 1. The molecule has 1 heterocycles. The molecule has 0 aromatic rings. The molecule has 2 atom stereocenters. The summed E-state index contributed by atoms with van der Waals surface area (Å²) in [5.41, 5.74) is 0. The molecule has 4 nitrogen and oxygen atoms in total. The van der Waals surface area contributed by atoms with E-state index in [4.69, 9.17) is 5.11 Å². The Morgan fingerprint density at radius 3 is 2.42 bits per heavy atom. The van der Waals surface area contributed by atoms with Gasteiger partial charge in [-0.1, -0.05) is 0 Å². The summed E-state index contributed by atoms with van der Waals surface area (Å²) >= 11 is 1.55. The van der Waals surface area contributed by atoms with Crippen LogP contribution in [0.2, 0.25) is 0 Å². The fourth-order valence-electron chi connectivity index (χ4n) is 2.12. The number of carbonyl (C=O) groups is 2. The predicted octanol–water partition coefficient (Wildman–Crippen LogP) is 1.85. The number of carboxylic acid groups (broad SMARTS) is 1. The summed E-state index contributed by atoms with van der Waals surface area (Å²) < 4.78 is 38.1. The van der Waals surface area contributed by atoms with Gasteiger partial charge in [0.2, 0.25) is 5.91 Å². The number of amides is 1. The van der Waals surface area contributed by atoms with E-state index in [0.717, 1.165) is 10.7 Å². The van der Waals surface area contributed by atoms with Crippen molar-refractivity contribution < 1.29 is 27.9 Å². The third kappa shape index (κ3) is 4.29. The van der Waals surface area contributed by atoms with Crippen LogP contribution in [0.15, 0.2) is 0 Å². The summed E-state index contributed by atoms with van der Waals surface area (Å²) in [4.78, 5) is 23.6. The second-order valence-electron chi connectivity index (χ2n) is 4.49. The zero-order valence-electron chi connectivity index (χ0n) is 10.4. The highest BCUT2D eigenvalue weighted by atomic mass is 32.2. The van der Waals surface area contributed by atoms with Crippen molar-refractivity contribution in [1.29, 1.82) is 0 Å². The molecule has 1 aliphatic heterocycles. The molecule has 0 aromatic carbocycles. The van der Waals surface area contributed by atoms with Gasteiger partial charge in [-0.3, -0.25) is 9.59 Å². The Hall–Kier alpha value is -0.920. The summed E-state index contributed by atoms with van der Waals surface area (Å²) in [6.45, 7) is -0.893. The Balaban J connectivity index is 2.65. The topological polar surface area (TPSA) is 57.6 Å². The number of nitrogens with zero attached hydrogens (tertiary/aromatic N) is 1. The summed E-state index contributed by atoms with van der Waals surface area (Å²) in [6, 6.07) is 0. The van der Waals surface area contributed by atoms with Crippen LogP contribution in [0.5, 0.6) is 0 Å². The number of thioether (sulfide) groups is 1. The molecule has 0 aliphatic carbocycles. The largest absolute Gasteiger partial charge is 0.481 e. The molecule has 0 spiro atoms. The van der Waals surface area contributed by atoms with Gasteiger partial charge < -0.3 is 10.0 Å². The summed E-state index contributed by atoms with van der Waals surface area (Å²) in [6.07, 6.45) is -1.96. The SMILES string of the molecule is CSCCCC(=O)N1C[C@@H](C(F)(F)F)[C@H](C(=O)O)C1. The molecule has 0 unspecified atom stereocenters. The van der Waals surface area contributed by atoms with E-state index in [2.05, 4.69) is 0 Å². The van der Waals surface area contributed by atoms with Crippen molar-refractivity contribution in [2.75, 3.05) is 25.1 Å². The molecule has 1 rings (SSSR count). The van der Waals surface area contributed by atoms with Crippen LogP contribution in [-0.2, 0) is 9.59 Å². The fourth-order valence-corrected chi connectivity index (χ4v) is 2.55. The molecular formula is C11H16F3NO3S. The van der Waals surface area contributed by atoms with Crippen molar-refractivity contribution >= 4 is 23.6 Å². The lowest BCUT2D eigenvalue weighted by Gasteiger charge is -2.18. The van der Waals surface area contributed by atoms with Crippen molar-refractivity contribution in [3.05, 3.63) is 0 Å². The lowest BCUT2D eigenvalue weighted by Crippen LogP contribution is -2.34. The van der Waals surface area contributed by atoms with Crippen molar-refractivity contribution in [3.8, 4) is 0 Å². The Labute approximate surface area is 113 Å². The Kier molecular flexibility index (Phi) is 5.51. The van der Waals surface area contributed by atoms with E-state index in [1.807, 2.05) is 6.26 Å². The quantitative estimate of drug-likeness (QED) is 0.787. The number of hydrogen-bond acceptors (Lipinski definition) is 3. The molecule has 1 N–H and O–H groups in total. The third-order valence-electron chi connectivity index (χ3n) is 3.15. The van der Waals surface area contributed by atoms with Crippen molar-refractivity contribution in [1.82, 2.24) is 4.90 Å². The standard InChI is InChI=1S/C11H16F3NO3S/c1-19-4-2-3-9(16)15-5-7(10(17)18)8(6-15)11(12,13)14/h7-8H,2-6H2,1H3,(H,17,18)/t7-,8-/m1/s1. The van der Waals surface area contributed by atoms with Crippen LogP contribution < -0.4 is 0 Å². The first-order chi connectivity index (χ1) is 8.77. The average molecular weight is 299 g/mol. The second kappa shape index (κ2) is 6.49. The minimum absolute atomic E-state index is 0.164. The Morgan fingerprint density at radius 2 is 2.00 bits per heavy atom. The summed E-state index contributed by atoms with van der Waals surface area (Å²) in [5.74, 6) is -4.65. The van der Waals surface area contributed by atoms with Crippen LogP contribution in [0, 0.1) is 11.8 Å². The molecule has 110 valence electrons. The van der Waals surface area contributed by atoms with Crippen molar-refractivity contribution in [2.45, 2.75) is 19.0 Å². The van der Waals surface area contributed by atoms with E-state index < -0.39 is 36.4 Å². The first-order valence-corrected chi connectivity index (χ1v) is 7.23. The number of halogens is 3. The Bertz CT molecular complexity index is 349. The Morgan fingerprint density at radius 1 is 1.37 bits per heavy atom. The van der Waals surface area contributed by atoms with Crippen LogP contribution in [-0.4, -0.2) is 53.2 Å². The number of likely N-dealkylation sites (tertiary alicyclic amines) is 1. The molecule has 0 saturated carbocycles. The lowest BCUT2D eigenvalue weighted by atomic mass is 9.96. The van der Waals surface area contributed by atoms with E-state index in [0.29, 0.717) is 6.42 Å². The highest BCUT2D eigenvalue weighted by Crippen LogP contribution is 2.37. The number of rotatable bonds is 5. The maximum Gasteiger partial charge on any atom is 0.394 e. The van der Waals surface area contributed by atoms with Crippen LogP contribution in [0.1, 0.15) is 12.8 Å². The maximum atomic E-state index is 12.7. The second-order valence-corrected chi connectivity index (χ2v) is 5.47. The van der Waals surface area contributed by atoms with E-state index in [1.54, 1.807) is 11.8 Å². The molecule has 0 bridgehead atoms. The predicted molar refractivity (Wildman–Crippen MR) is 64.9 cm³/mol. The van der Waals surface area contributed by atoms with Gasteiger partial charge in [0.1, 0.15) is 0 Å². The van der Waals surface area contributed by atoms with Gasteiger partial charge in [0.05, 0.1) is 11.8 Å². The number of carbonyl (C=O) groups excluding carboxylic acids is 1. The van der Waals surface area contributed by atoms with Gasteiger partial charge in [-0.25, -0.2) is 0 Å². The molecule has 1 fully saturated rings. The smallest absolute Gasteiger partial charge is 0.394 e. The number of hydrogen-bond donors (Lipinski definition) is 1. The minimum Gasteiger partial charge on any atom is -0.481 e. The number of carboxylic acids is 1. The molecule has 1 saturated heterocycles. The molecule has 1 amide bonds. The van der Waals surface area contributed by atoms with E-state index >= 15 is 0 Å². The van der Waals surface area contributed by atoms with E-state index in [1.165, 1.54) is 0 Å². The van der Waals surface area contributed by atoms with Gasteiger partial charge in [-0.15, -0.1) is 0 Å². The zero-order valence-corrected chi connectivity index (χ0v) is 11.3. The highest BCUT2D eigenvalue weighted by molar-refractivity contribution is 7.98. The molecule has 19 heavy (non-hydrogen) atoms. The number of alkyl halides is 3. The van der Waals surface area contributed by atoms with Gasteiger partial charge in [0.15, 0.2) is 0 Å². The van der Waals surface area contributed by atoms with Gasteiger partial charge in [0, 0.05) is 19.5 Å². The average Bonchev–Trinajstić information content (AvgIpc) is 2.73. The monoisotopic (exact) mass is 299 g/mol. The van der Waals surface area contributed by atoms with Gasteiger partial charge in [-0.05, 0) is 18.4 Å². The minimum atomic E-state index is -4.59. The zero-order chi connectivity index (χ0) is 14.6. The van der Waals surface area contributed by atoms with Crippen LogP contribution in [0.3, 0.4) is 0 Å². The van der Waals surface area contributed by atoms with Crippen molar-refractivity contribution in [2.24, 2.45) is 11.8 Å². The lowest BCUT2D eigenvalue weighted by molar-refractivity contribution is -0.188. The maximum absolute atomic E-state index is 12.7. The van der Waals surface area contributed by atoms with Crippen LogP contribution in [0.4, 0.5) is 13.2 Å². The molecular weight excluding hydrogens is 283 g/mol. The van der Waals surface area contributed by atoms with E-state index in [9.17, 15) is 22.8 Å². The van der Waals surface area contributed by atoms with Gasteiger partial charge >= 0.3 is 12.1 Å². The molecule has 0 aromatic heterocycles. The van der Waals surface area contributed by atoms with Crippen LogP contribution in [0.25, 0.3) is 0 Å². The van der Waals surface area contributed by atoms with Crippen molar-refractivity contribution in [3.63, 3.8) is 0 Å². The summed E-state index contributed by atoms with van der Waals surface area (Å²) in [5, 5.41) is 8.82. The fraction of sp³-hybridized carbons (Fsp3) is 0.818. The molecule has 1 aliphatic rings. The first-order valence-electron chi connectivity index (χ1n) is 5.83. The normalized spacial score (nSPS) is 23.7. The summed E-state index contributed by atoms with van der Waals surface area (Å²) in [7, 11) is 0. The van der Waals surface area contributed by atoms with Crippen LogP contribution >= 0.6 is 11.8 Å².